The Morgan fingerprint density at radius 1 is 1.23 bits per heavy atom. The van der Waals surface area contributed by atoms with Crippen molar-refractivity contribution in [2.24, 2.45) is 0 Å². The summed E-state index contributed by atoms with van der Waals surface area (Å²) in [5.41, 5.74) is 1.55. The maximum Gasteiger partial charge on any atom is 0.270 e. The predicted molar refractivity (Wildman–Crippen MR) is 104 cm³/mol. The minimum Gasteiger partial charge on any atom is -0.302 e. The minimum atomic E-state index is -0.459. The number of nitrogens with one attached hydrogen (secondary N) is 1. The fourth-order valence-electron chi connectivity index (χ4n) is 2.43. The van der Waals surface area contributed by atoms with Crippen molar-refractivity contribution in [2.45, 2.75) is 19.3 Å². The second kappa shape index (κ2) is 7.99. The highest BCUT2D eigenvalue weighted by Crippen LogP contribution is 2.29. The van der Waals surface area contributed by atoms with Crippen LogP contribution in [0.2, 0.25) is 10.0 Å². The maximum atomic E-state index is 12.1. The van der Waals surface area contributed by atoms with Crippen molar-refractivity contribution in [1.29, 1.82) is 0 Å². The van der Waals surface area contributed by atoms with Gasteiger partial charge in [0.15, 0.2) is 5.13 Å². The van der Waals surface area contributed by atoms with Gasteiger partial charge < -0.3 is 5.32 Å². The number of non-ortho nitro benzene ring substituents is 1. The van der Waals surface area contributed by atoms with Crippen LogP contribution in [0.4, 0.5) is 10.8 Å². The van der Waals surface area contributed by atoms with Gasteiger partial charge >= 0.3 is 0 Å². The molecule has 0 radical (unpaired) electrons. The molecule has 0 fully saturated rings. The van der Waals surface area contributed by atoms with Crippen LogP contribution in [0.25, 0.3) is 10.2 Å². The Morgan fingerprint density at radius 2 is 2.04 bits per heavy atom. The highest BCUT2D eigenvalue weighted by molar-refractivity contribution is 7.22. The van der Waals surface area contributed by atoms with Crippen LogP contribution in [0.1, 0.15) is 18.4 Å². The van der Waals surface area contributed by atoms with E-state index in [0.717, 1.165) is 5.56 Å². The van der Waals surface area contributed by atoms with Gasteiger partial charge in [-0.15, -0.1) is 0 Å². The van der Waals surface area contributed by atoms with Crippen LogP contribution in [0.5, 0.6) is 0 Å². The standard InChI is InChI=1S/C17H13Cl2N3O3S/c18-11-5-4-10(13(19)8-11)2-1-3-16(23)21-17-20-14-7-6-12(22(24)25)9-15(14)26-17/h4-9H,1-3H2,(H,20,21,23). The lowest BCUT2D eigenvalue weighted by Gasteiger charge is -2.05. The number of carbonyl (C=O) groups excluding carboxylic acids is 1. The number of carbonyl (C=O) groups is 1. The van der Waals surface area contributed by atoms with E-state index in [-0.39, 0.29) is 11.6 Å². The SMILES string of the molecule is O=C(CCCc1ccc(Cl)cc1Cl)Nc1nc2ccc([N+](=O)[O-])cc2s1. The highest BCUT2D eigenvalue weighted by atomic mass is 35.5. The fraction of sp³-hybridized carbons (Fsp3) is 0.176. The molecule has 0 aliphatic rings. The molecule has 1 aromatic heterocycles. The summed E-state index contributed by atoms with van der Waals surface area (Å²) in [6.07, 6.45) is 1.61. The summed E-state index contributed by atoms with van der Waals surface area (Å²) in [7, 11) is 0. The van der Waals surface area contributed by atoms with Gasteiger partial charge in [0.1, 0.15) is 0 Å². The monoisotopic (exact) mass is 409 g/mol. The maximum absolute atomic E-state index is 12.1. The van der Waals surface area contributed by atoms with Crippen molar-refractivity contribution in [2.75, 3.05) is 5.32 Å². The molecule has 0 bridgehead atoms. The molecule has 3 rings (SSSR count). The average Bonchev–Trinajstić information content (AvgIpc) is 2.97. The molecule has 3 aromatic rings. The van der Waals surface area contributed by atoms with Crippen LogP contribution in [-0.2, 0) is 11.2 Å². The number of benzene rings is 2. The van der Waals surface area contributed by atoms with E-state index >= 15 is 0 Å². The van der Waals surface area contributed by atoms with Crippen molar-refractivity contribution in [3.05, 3.63) is 62.1 Å². The fourth-order valence-corrected chi connectivity index (χ4v) is 3.84. The minimum absolute atomic E-state index is 0.00105. The first-order valence-corrected chi connectivity index (χ1v) is 9.28. The summed E-state index contributed by atoms with van der Waals surface area (Å²) >= 11 is 13.2. The van der Waals surface area contributed by atoms with Crippen molar-refractivity contribution < 1.29 is 9.72 Å². The lowest BCUT2D eigenvalue weighted by molar-refractivity contribution is -0.384. The second-order valence-corrected chi connectivity index (χ2v) is 7.44. The van der Waals surface area contributed by atoms with Gasteiger partial charge in [-0.3, -0.25) is 14.9 Å². The van der Waals surface area contributed by atoms with E-state index in [0.29, 0.717) is 44.7 Å². The number of halogens is 2. The number of nitrogens with zero attached hydrogens (tertiary/aromatic N) is 2. The van der Waals surface area contributed by atoms with E-state index in [1.54, 1.807) is 18.2 Å². The Hall–Kier alpha value is -2.22. The second-order valence-electron chi connectivity index (χ2n) is 5.57. The Labute approximate surface area is 162 Å². The number of anilines is 1. The number of hydrogen-bond donors (Lipinski definition) is 1. The van der Waals surface area contributed by atoms with Crippen LogP contribution in [0.3, 0.4) is 0 Å². The quantitative estimate of drug-likeness (QED) is 0.431. The molecule has 0 atom stereocenters. The normalized spacial score (nSPS) is 10.8. The summed E-state index contributed by atoms with van der Waals surface area (Å²) in [6, 6.07) is 9.71. The van der Waals surface area contributed by atoms with E-state index in [9.17, 15) is 14.9 Å². The molecular weight excluding hydrogens is 397 g/mol. The number of aromatic nitrogens is 1. The molecule has 26 heavy (non-hydrogen) atoms. The van der Waals surface area contributed by atoms with Gasteiger partial charge in [-0.1, -0.05) is 40.6 Å². The lowest BCUT2D eigenvalue weighted by Crippen LogP contribution is -2.11. The Balaban J connectivity index is 1.57. The summed E-state index contributed by atoms with van der Waals surface area (Å²) < 4.78 is 0.655. The van der Waals surface area contributed by atoms with Crippen LogP contribution in [0, 0.1) is 10.1 Å². The topological polar surface area (TPSA) is 85.1 Å². The Morgan fingerprint density at radius 3 is 2.77 bits per heavy atom. The first-order chi connectivity index (χ1) is 12.4. The number of rotatable bonds is 6. The number of fused-ring (bicyclic) bond motifs is 1. The van der Waals surface area contributed by atoms with Crippen molar-refractivity contribution in [1.82, 2.24) is 4.98 Å². The molecule has 1 heterocycles. The van der Waals surface area contributed by atoms with Gasteiger partial charge in [0.05, 0.1) is 15.1 Å². The molecule has 1 amide bonds. The smallest absolute Gasteiger partial charge is 0.270 e. The summed E-state index contributed by atoms with van der Waals surface area (Å²) in [5.74, 6) is -0.163. The summed E-state index contributed by atoms with van der Waals surface area (Å²) in [6.45, 7) is 0. The van der Waals surface area contributed by atoms with Crippen molar-refractivity contribution in [3.63, 3.8) is 0 Å². The zero-order chi connectivity index (χ0) is 18.7. The first-order valence-electron chi connectivity index (χ1n) is 7.71. The van der Waals surface area contributed by atoms with Crippen LogP contribution < -0.4 is 5.32 Å². The first kappa shape index (κ1) is 18.6. The molecule has 9 heteroatoms. The van der Waals surface area contributed by atoms with E-state index in [1.807, 2.05) is 6.07 Å². The van der Waals surface area contributed by atoms with Gasteiger partial charge in [0.2, 0.25) is 5.91 Å². The van der Waals surface area contributed by atoms with Gasteiger partial charge in [0, 0.05) is 28.6 Å². The molecule has 6 nitrogen and oxygen atoms in total. The number of thiazole rings is 1. The van der Waals surface area contributed by atoms with E-state index < -0.39 is 4.92 Å². The van der Waals surface area contributed by atoms with E-state index in [4.69, 9.17) is 23.2 Å². The van der Waals surface area contributed by atoms with Crippen molar-refractivity contribution in [3.8, 4) is 0 Å². The molecule has 2 aromatic carbocycles. The largest absolute Gasteiger partial charge is 0.302 e. The predicted octanol–water partition coefficient (Wildman–Crippen LogP) is 5.47. The van der Waals surface area contributed by atoms with E-state index in [2.05, 4.69) is 10.3 Å². The van der Waals surface area contributed by atoms with Crippen molar-refractivity contribution >= 4 is 61.5 Å². The molecule has 0 saturated carbocycles. The van der Waals surface area contributed by atoms with Gasteiger partial charge in [-0.2, -0.15) is 0 Å². The number of nitro groups is 1. The third-order valence-corrected chi connectivity index (χ3v) is 5.21. The zero-order valence-corrected chi connectivity index (χ0v) is 15.7. The molecular formula is C17H13Cl2N3O3S. The molecule has 0 saturated heterocycles. The Kier molecular flexibility index (Phi) is 5.70. The Bertz CT molecular complexity index is 991. The highest BCUT2D eigenvalue weighted by Gasteiger charge is 2.12. The van der Waals surface area contributed by atoms with Gasteiger partial charge in [0.25, 0.3) is 5.69 Å². The number of amides is 1. The zero-order valence-electron chi connectivity index (χ0n) is 13.4. The summed E-state index contributed by atoms with van der Waals surface area (Å²) in [4.78, 5) is 26.7. The molecule has 0 aliphatic heterocycles. The van der Waals surface area contributed by atoms with Crippen LogP contribution in [-0.4, -0.2) is 15.8 Å². The number of nitro benzene ring substituents is 1. The van der Waals surface area contributed by atoms with Crippen LogP contribution in [0.15, 0.2) is 36.4 Å². The molecule has 1 N–H and O–H groups in total. The van der Waals surface area contributed by atoms with Gasteiger partial charge in [-0.25, -0.2) is 4.98 Å². The molecule has 0 aliphatic carbocycles. The average molecular weight is 410 g/mol. The lowest BCUT2D eigenvalue weighted by atomic mass is 10.1. The third kappa shape index (κ3) is 4.49. The summed E-state index contributed by atoms with van der Waals surface area (Å²) in [5, 5.41) is 15.1. The molecule has 0 spiro atoms. The van der Waals surface area contributed by atoms with Gasteiger partial charge in [-0.05, 0) is 36.6 Å². The number of aryl methyl sites for hydroxylation is 1. The van der Waals surface area contributed by atoms with E-state index in [1.165, 1.54) is 23.5 Å². The molecule has 134 valence electrons. The molecule has 0 unspecified atom stereocenters. The van der Waals surface area contributed by atoms with Crippen LogP contribution >= 0.6 is 34.5 Å². The third-order valence-electron chi connectivity index (χ3n) is 3.69. The number of hydrogen-bond acceptors (Lipinski definition) is 5.